The van der Waals surface area contributed by atoms with Crippen molar-refractivity contribution in [2.75, 3.05) is 12.4 Å². The Morgan fingerprint density at radius 2 is 2.14 bits per heavy atom. The van der Waals surface area contributed by atoms with Crippen molar-refractivity contribution in [3.63, 3.8) is 0 Å². The van der Waals surface area contributed by atoms with Gasteiger partial charge in [-0.05, 0) is 36.8 Å². The van der Waals surface area contributed by atoms with Gasteiger partial charge in [0.05, 0.1) is 30.5 Å². The number of methoxy groups -OCH3 is 1. The van der Waals surface area contributed by atoms with E-state index in [4.69, 9.17) is 20.8 Å². The van der Waals surface area contributed by atoms with Crippen LogP contribution in [0.4, 0.5) is 5.13 Å². The van der Waals surface area contributed by atoms with Crippen molar-refractivity contribution < 1.29 is 13.9 Å². The zero-order valence-electron chi connectivity index (χ0n) is 15.3. The lowest BCUT2D eigenvalue weighted by molar-refractivity contribution is -0.115. The SMILES string of the molecule is COc1ccc(-c2csc(NC(=O)Cc3coc4cc(C)ccc34)n2)cc1Cl. The van der Waals surface area contributed by atoms with Crippen LogP contribution in [0.5, 0.6) is 5.75 Å². The number of anilines is 1. The third-order valence-corrected chi connectivity index (χ3v) is 5.41. The fourth-order valence-corrected chi connectivity index (χ4v) is 3.95. The van der Waals surface area contributed by atoms with Crippen LogP contribution in [0.1, 0.15) is 11.1 Å². The summed E-state index contributed by atoms with van der Waals surface area (Å²) >= 11 is 7.55. The number of aromatic nitrogens is 1. The quantitative estimate of drug-likeness (QED) is 0.456. The molecule has 0 aliphatic rings. The van der Waals surface area contributed by atoms with E-state index in [2.05, 4.69) is 10.3 Å². The number of fused-ring (bicyclic) bond motifs is 1. The van der Waals surface area contributed by atoms with E-state index in [0.717, 1.165) is 33.4 Å². The monoisotopic (exact) mass is 412 g/mol. The smallest absolute Gasteiger partial charge is 0.230 e. The fourth-order valence-electron chi connectivity index (χ4n) is 2.95. The maximum atomic E-state index is 12.5. The summed E-state index contributed by atoms with van der Waals surface area (Å²) in [4.78, 5) is 16.9. The molecule has 0 atom stereocenters. The summed E-state index contributed by atoms with van der Waals surface area (Å²) < 4.78 is 10.7. The Hall–Kier alpha value is -2.83. The number of hydrogen-bond donors (Lipinski definition) is 1. The van der Waals surface area contributed by atoms with Crippen molar-refractivity contribution in [3.05, 3.63) is 64.2 Å². The van der Waals surface area contributed by atoms with Gasteiger partial charge in [-0.2, -0.15) is 0 Å². The number of amides is 1. The number of carbonyl (C=O) groups excluding carboxylic acids is 1. The average molecular weight is 413 g/mol. The Labute approximate surface area is 170 Å². The highest BCUT2D eigenvalue weighted by atomic mass is 35.5. The molecule has 0 unspecified atom stereocenters. The molecule has 0 saturated carbocycles. The predicted octanol–water partition coefficient (Wildman–Crippen LogP) is 5.71. The minimum Gasteiger partial charge on any atom is -0.495 e. The van der Waals surface area contributed by atoms with Crippen LogP contribution in [0, 0.1) is 6.92 Å². The van der Waals surface area contributed by atoms with Crippen molar-refractivity contribution in [1.29, 1.82) is 0 Å². The van der Waals surface area contributed by atoms with Crippen molar-refractivity contribution in [2.24, 2.45) is 0 Å². The van der Waals surface area contributed by atoms with E-state index in [1.807, 2.05) is 36.6 Å². The van der Waals surface area contributed by atoms with Crippen LogP contribution < -0.4 is 10.1 Å². The summed E-state index contributed by atoms with van der Waals surface area (Å²) in [5.74, 6) is 0.466. The van der Waals surface area contributed by atoms with Gasteiger partial charge in [0.15, 0.2) is 5.13 Å². The van der Waals surface area contributed by atoms with Gasteiger partial charge < -0.3 is 14.5 Å². The molecule has 4 aromatic rings. The molecular formula is C21H17ClN2O3S. The van der Waals surface area contributed by atoms with E-state index < -0.39 is 0 Å². The zero-order chi connectivity index (χ0) is 19.7. The molecule has 0 fully saturated rings. The van der Waals surface area contributed by atoms with Gasteiger partial charge in [-0.1, -0.05) is 23.7 Å². The van der Waals surface area contributed by atoms with Crippen LogP contribution in [-0.2, 0) is 11.2 Å². The number of aryl methyl sites for hydroxylation is 1. The third-order valence-electron chi connectivity index (χ3n) is 4.36. The van der Waals surface area contributed by atoms with Crippen molar-refractivity contribution in [1.82, 2.24) is 4.98 Å². The first-order chi connectivity index (χ1) is 13.5. The molecule has 2 aromatic carbocycles. The van der Waals surface area contributed by atoms with Gasteiger partial charge in [0, 0.05) is 21.9 Å². The van der Waals surface area contributed by atoms with Crippen molar-refractivity contribution >= 4 is 44.9 Å². The third kappa shape index (κ3) is 3.74. The number of furan rings is 1. The second-order valence-electron chi connectivity index (χ2n) is 6.37. The highest BCUT2D eigenvalue weighted by molar-refractivity contribution is 7.14. The second kappa shape index (κ2) is 7.66. The standard InChI is InChI=1S/C21H17ClN2O3S/c1-12-3-5-15-14(10-27-19(15)7-12)9-20(25)24-21-23-17(11-28-21)13-4-6-18(26-2)16(22)8-13/h3-8,10-11H,9H2,1-2H3,(H,23,24,25). The molecule has 28 heavy (non-hydrogen) atoms. The maximum Gasteiger partial charge on any atom is 0.230 e. The highest BCUT2D eigenvalue weighted by Crippen LogP contribution is 2.32. The lowest BCUT2D eigenvalue weighted by atomic mass is 10.1. The summed E-state index contributed by atoms with van der Waals surface area (Å²) in [7, 11) is 1.57. The van der Waals surface area contributed by atoms with E-state index in [1.165, 1.54) is 11.3 Å². The number of nitrogens with zero attached hydrogens (tertiary/aromatic N) is 1. The number of hydrogen-bond acceptors (Lipinski definition) is 5. The summed E-state index contributed by atoms with van der Waals surface area (Å²) in [5, 5.41) is 6.74. The van der Waals surface area contributed by atoms with Crippen LogP contribution in [-0.4, -0.2) is 18.0 Å². The van der Waals surface area contributed by atoms with Crippen LogP contribution in [0.15, 0.2) is 52.5 Å². The summed E-state index contributed by atoms with van der Waals surface area (Å²) in [6.45, 7) is 2.00. The Bertz CT molecular complexity index is 1170. The number of rotatable bonds is 5. The number of benzene rings is 2. The van der Waals surface area contributed by atoms with Crippen LogP contribution in [0.3, 0.4) is 0 Å². The number of ether oxygens (including phenoxy) is 1. The lowest BCUT2D eigenvalue weighted by Crippen LogP contribution is -2.13. The lowest BCUT2D eigenvalue weighted by Gasteiger charge is -2.04. The minimum absolute atomic E-state index is 0.142. The molecular weight excluding hydrogens is 396 g/mol. The molecule has 0 bridgehead atoms. The molecule has 0 aliphatic heterocycles. The molecule has 0 aliphatic carbocycles. The van der Waals surface area contributed by atoms with Gasteiger partial charge in [-0.15, -0.1) is 11.3 Å². The van der Waals surface area contributed by atoms with Gasteiger partial charge in [0.25, 0.3) is 0 Å². The maximum absolute atomic E-state index is 12.5. The molecule has 0 spiro atoms. The number of halogens is 1. The summed E-state index contributed by atoms with van der Waals surface area (Å²) in [6, 6.07) is 11.4. The molecule has 2 heterocycles. The van der Waals surface area contributed by atoms with Crippen molar-refractivity contribution in [3.8, 4) is 17.0 Å². The Morgan fingerprint density at radius 3 is 2.93 bits per heavy atom. The minimum atomic E-state index is -0.142. The Kier molecular flexibility index (Phi) is 5.07. The van der Waals surface area contributed by atoms with Crippen LogP contribution in [0.25, 0.3) is 22.2 Å². The van der Waals surface area contributed by atoms with E-state index in [0.29, 0.717) is 15.9 Å². The fraction of sp³-hybridized carbons (Fsp3) is 0.143. The molecule has 7 heteroatoms. The first-order valence-corrected chi connectivity index (χ1v) is 9.85. The Balaban J connectivity index is 1.47. The zero-order valence-corrected chi connectivity index (χ0v) is 16.9. The predicted molar refractivity (Wildman–Crippen MR) is 112 cm³/mol. The summed E-state index contributed by atoms with van der Waals surface area (Å²) in [6.07, 6.45) is 1.86. The molecule has 0 saturated heterocycles. The number of carbonyl (C=O) groups is 1. The van der Waals surface area contributed by atoms with Crippen molar-refractivity contribution in [2.45, 2.75) is 13.3 Å². The van der Waals surface area contributed by atoms with Gasteiger partial charge in [-0.3, -0.25) is 4.79 Å². The first-order valence-electron chi connectivity index (χ1n) is 8.59. The molecule has 1 N–H and O–H groups in total. The topological polar surface area (TPSA) is 64.4 Å². The van der Waals surface area contributed by atoms with E-state index in [-0.39, 0.29) is 12.3 Å². The summed E-state index contributed by atoms with van der Waals surface area (Å²) in [5.41, 5.74) is 4.36. The highest BCUT2D eigenvalue weighted by Gasteiger charge is 2.13. The van der Waals surface area contributed by atoms with E-state index >= 15 is 0 Å². The average Bonchev–Trinajstić information content (AvgIpc) is 3.28. The molecule has 1 amide bonds. The molecule has 142 valence electrons. The second-order valence-corrected chi connectivity index (χ2v) is 7.64. The largest absolute Gasteiger partial charge is 0.495 e. The Morgan fingerprint density at radius 1 is 1.29 bits per heavy atom. The van der Waals surface area contributed by atoms with Gasteiger partial charge in [0.2, 0.25) is 5.91 Å². The molecule has 2 aromatic heterocycles. The molecule has 0 radical (unpaired) electrons. The first kappa shape index (κ1) is 18.5. The van der Waals surface area contributed by atoms with Gasteiger partial charge >= 0.3 is 0 Å². The van der Waals surface area contributed by atoms with Gasteiger partial charge in [-0.25, -0.2) is 4.98 Å². The number of nitrogens with one attached hydrogen (secondary N) is 1. The van der Waals surface area contributed by atoms with E-state index in [1.54, 1.807) is 25.5 Å². The van der Waals surface area contributed by atoms with Crippen LogP contribution >= 0.6 is 22.9 Å². The van der Waals surface area contributed by atoms with Gasteiger partial charge in [0.1, 0.15) is 11.3 Å². The van der Waals surface area contributed by atoms with E-state index in [9.17, 15) is 4.79 Å². The molecule has 5 nitrogen and oxygen atoms in total. The van der Waals surface area contributed by atoms with Crippen LogP contribution in [0.2, 0.25) is 5.02 Å². The molecule has 4 rings (SSSR count). The normalized spacial score (nSPS) is 11.0. The number of thiazole rings is 1.